The van der Waals surface area contributed by atoms with Gasteiger partial charge >= 0.3 is 0 Å². The molecule has 6 aromatic carbocycles. The number of thiophene rings is 2. The predicted molar refractivity (Wildman–Crippen MR) is 153 cm³/mol. The van der Waals surface area contributed by atoms with Gasteiger partial charge in [0.2, 0.25) is 0 Å². The third-order valence-corrected chi connectivity index (χ3v) is 9.46. The standard InChI is InChI=1S/C32H18S2/c1-2-10-21-20(8-1)18-26(30-25-12-4-6-15-28(25)34-31(21)30)23-13-7-9-19-16-17-24-22-11-3-5-14-27(22)33-32(24)29(19)23/h1-18H. The number of hydrogen-bond acceptors (Lipinski definition) is 2. The maximum atomic E-state index is 2.41. The van der Waals surface area contributed by atoms with Crippen LogP contribution in [0.25, 0.3) is 73.0 Å². The highest BCUT2D eigenvalue weighted by Gasteiger charge is 2.18. The summed E-state index contributed by atoms with van der Waals surface area (Å²) in [5, 5.41) is 10.8. The third-order valence-electron chi connectivity index (χ3n) is 7.05. The van der Waals surface area contributed by atoms with Crippen molar-refractivity contribution in [1.29, 1.82) is 0 Å². The highest BCUT2D eigenvalue weighted by molar-refractivity contribution is 7.27. The Hall–Kier alpha value is -3.72. The van der Waals surface area contributed by atoms with E-state index >= 15 is 0 Å². The molecule has 0 saturated carbocycles. The Bertz CT molecular complexity index is 2070. The first-order chi connectivity index (χ1) is 16.9. The van der Waals surface area contributed by atoms with Crippen molar-refractivity contribution in [1.82, 2.24) is 0 Å². The van der Waals surface area contributed by atoms with Gasteiger partial charge in [-0.2, -0.15) is 0 Å². The molecule has 0 aliphatic rings. The van der Waals surface area contributed by atoms with E-state index < -0.39 is 0 Å². The molecule has 0 aliphatic heterocycles. The van der Waals surface area contributed by atoms with Crippen LogP contribution >= 0.6 is 22.7 Å². The smallest absolute Gasteiger partial charge is 0.0440 e. The van der Waals surface area contributed by atoms with Crippen LogP contribution in [0.5, 0.6) is 0 Å². The molecule has 2 heterocycles. The first-order valence-electron chi connectivity index (χ1n) is 11.5. The molecule has 0 saturated heterocycles. The van der Waals surface area contributed by atoms with Crippen LogP contribution in [0.3, 0.4) is 0 Å². The van der Waals surface area contributed by atoms with Crippen molar-refractivity contribution in [2.75, 3.05) is 0 Å². The van der Waals surface area contributed by atoms with Gasteiger partial charge in [0.15, 0.2) is 0 Å². The van der Waals surface area contributed by atoms with Crippen molar-refractivity contribution in [3.8, 4) is 11.1 Å². The van der Waals surface area contributed by atoms with Crippen LogP contribution in [-0.4, -0.2) is 0 Å². The second-order valence-corrected chi connectivity index (χ2v) is 11.0. The molecule has 0 aliphatic carbocycles. The molecule has 0 atom stereocenters. The van der Waals surface area contributed by atoms with Gasteiger partial charge in [-0.15, -0.1) is 22.7 Å². The first kappa shape index (κ1) is 18.7. The van der Waals surface area contributed by atoms with Crippen LogP contribution in [0, 0.1) is 0 Å². The minimum absolute atomic E-state index is 1.30. The van der Waals surface area contributed by atoms with Gasteiger partial charge in [-0.3, -0.25) is 0 Å². The average Bonchev–Trinajstić information content (AvgIpc) is 3.47. The molecule has 158 valence electrons. The van der Waals surface area contributed by atoms with Crippen LogP contribution in [0.2, 0.25) is 0 Å². The zero-order valence-electron chi connectivity index (χ0n) is 18.2. The third kappa shape index (κ3) is 2.47. The number of rotatable bonds is 1. The number of hydrogen-bond donors (Lipinski definition) is 0. The average molecular weight is 467 g/mol. The summed E-state index contributed by atoms with van der Waals surface area (Å²) in [6, 6.07) is 40.3. The van der Waals surface area contributed by atoms with E-state index in [1.807, 2.05) is 22.7 Å². The molecule has 2 heteroatoms. The Labute approximate surface area is 204 Å². The Morgan fingerprint density at radius 3 is 1.88 bits per heavy atom. The van der Waals surface area contributed by atoms with E-state index in [-0.39, 0.29) is 0 Å². The monoisotopic (exact) mass is 466 g/mol. The Balaban J connectivity index is 1.62. The topological polar surface area (TPSA) is 0 Å². The molecular weight excluding hydrogens is 448 g/mol. The molecule has 8 aromatic rings. The van der Waals surface area contributed by atoms with Crippen molar-refractivity contribution in [2.24, 2.45) is 0 Å². The molecule has 0 nitrogen and oxygen atoms in total. The highest BCUT2D eigenvalue weighted by Crippen LogP contribution is 2.47. The lowest BCUT2D eigenvalue weighted by Crippen LogP contribution is -1.85. The summed E-state index contributed by atoms with van der Waals surface area (Å²) >= 11 is 3.83. The van der Waals surface area contributed by atoms with Crippen LogP contribution < -0.4 is 0 Å². The molecule has 2 aromatic heterocycles. The van der Waals surface area contributed by atoms with Crippen molar-refractivity contribution in [3.63, 3.8) is 0 Å². The lowest BCUT2D eigenvalue weighted by molar-refractivity contribution is 1.75. The van der Waals surface area contributed by atoms with E-state index in [4.69, 9.17) is 0 Å². The molecule has 8 rings (SSSR count). The molecule has 0 unspecified atom stereocenters. The summed E-state index contributed by atoms with van der Waals surface area (Å²) in [7, 11) is 0. The summed E-state index contributed by atoms with van der Waals surface area (Å²) in [6.07, 6.45) is 0. The molecule has 0 spiro atoms. The van der Waals surface area contributed by atoms with Crippen LogP contribution in [0.1, 0.15) is 0 Å². The van der Waals surface area contributed by atoms with E-state index in [0.717, 1.165) is 0 Å². The summed E-state index contributed by atoms with van der Waals surface area (Å²) < 4.78 is 5.47. The first-order valence-corrected chi connectivity index (χ1v) is 13.2. The fraction of sp³-hybridized carbons (Fsp3) is 0. The van der Waals surface area contributed by atoms with E-state index in [1.165, 1.54) is 73.0 Å². The largest absolute Gasteiger partial charge is 0.135 e. The van der Waals surface area contributed by atoms with Gasteiger partial charge < -0.3 is 0 Å². The van der Waals surface area contributed by atoms with Gasteiger partial charge in [-0.05, 0) is 45.5 Å². The van der Waals surface area contributed by atoms with Gasteiger partial charge in [0, 0.05) is 45.7 Å². The Morgan fingerprint density at radius 2 is 1.03 bits per heavy atom. The van der Waals surface area contributed by atoms with Gasteiger partial charge in [-0.25, -0.2) is 0 Å². The number of benzene rings is 6. The normalized spacial score (nSPS) is 12.1. The van der Waals surface area contributed by atoms with Crippen LogP contribution in [-0.2, 0) is 0 Å². The molecular formula is C32H18S2. The maximum absolute atomic E-state index is 2.41. The second kappa shape index (κ2) is 6.89. The SMILES string of the molecule is c1ccc2c(c1)cc(-c1cccc3ccc4c5ccccc5sc4c13)c1c3ccccc3sc21. The second-order valence-electron chi connectivity index (χ2n) is 8.89. The zero-order valence-corrected chi connectivity index (χ0v) is 19.8. The van der Waals surface area contributed by atoms with E-state index in [9.17, 15) is 0 Å². The fourth-order valence-corrected chi connectivity index (χ4v) is 8.09. The molecule has 0 N–H and O–H groups in total. The molecule has 0 fully saturated rings. The van der Waals surface area contributed by atoms with Crippen molar-refractivity contribution < 1.29 is 0 Å². The van der Waals surface area contributed by atoms with Crippen LogP contribution in [0.4, 0.5) is 0 Å². The van der Waals surface area contributed by atoms with Gasteiger partial charge in [-0.1, -0.05) is 91.0 Å². The van der Waals surface area contributed by atoms with Gasteiger partial charge in [0.05, 0.1) is 0 Å². The quantitative estimate of drug-likeness (QED) is 0.226. The van der Waals surface area contributed by atoms with Crippen molar-refractivity contribution in [3.05, 3.63) is 109 Å². The Morgan fingerprint density at radius 1 is 0.382 bits per heavy atom. The van der Waals surface area contributed by atoms with E-state index in [0.29, 0.717) is 0 Å². The Kier molecular flexibility index (Phi) is 3.79. The van der Waals surface area contributed by atoms with Crippen molar-refractivity contribution >= 4 is 84.6 Å². The lowest BCUT2D eigenvalue weighted by Gasteiger charge is -2.12. The van der Waals surface area contributed by atoms with Crippen LogP contribution in [0.15, 0.2) is 109 Å². The van der Waals surface area contributed by atoms with Crippen molar-refractivity contribution in [2.45, 2.75) is 0 Å². The minimum atomic E-state index is 1.30. The summed E-state index contributed by atoms with van der Waals surface area (Å²) in [6.45, 7) is 0. The van der Waals surface area contributed by atoms with E-state index in [1.54, 1.807) is 0 Å². The fourth-order valence-electron chi connectivity index (χ4n) is 5.55. The highest BCUT2D eigenvalue weighted by atomic mass is 32.1. The maximum Gasteiger partial charge on any atom is 0.0440 e. The molecule has 0 bridgehead atoms. The molecule has 34 heavy (non-hydrogen) atoms. The summed E-state index contributed by atoms with van der Waals surface area (Å²) in [5.41, 5.74) is 2.66. The van der Waals surface area contributed by atoms with Gasteiger partial charge in [0.1, 0.15) is 0 Å². The van der Waals surface area contributed by atoms with Gasteiger partial charge in [0.25, 0.3) is 0 Å². The zero-order chi connectivity index (χ0) is 22.2. The molecule has 0 amide bonds. The number of fused-ring (bicyclic) bond motifs is 10. The lowest BCUT2D eigenvalue weighted by atomic mass is 9.91. The molecule has 0 radical (unpaired) electrons. The predicted octanol–water partition coefficient (Wildman–Crippen LogP) is 10.4. The summed E-state index contributed by atoms with van der Waals surface area (Å²) in [4.78, 5) is 0. The van der Waals surface area contributed by atoms with E-state index in [2.05, 4.69) is 109 Å². The summed E-state index contributed by atoms with van der Waals surface area (Å²) in [5.74, 6) is 0. The minimum Gasteiger partial charge on any atom is -0.135 e.